The van der Waals surface area contributed by atoms with Gasteiger partial charge in [0.05, 0.1) is 30.4 Å². The average molecular weight is 638 g/mol. The van der Waals surface area contributed by atoms with Gasteiger partial charge in [-0.05, 0) is 81.1 Å². The van der Waals surface area contributed by atoms with Crippen molar-refractivity contribution in [3.8, 4) is 50.6 Å². The molecule has 0 spiro atoms. The summed E-state index contributed by atoms with van der Waals surface area (Å²) in [5.74, 6) is 0.980. The Morgan fingerprint density at radius 3 is 1.98 bits per heavy atom. The van der Waals surface area contributed by atoms with E-state index in [4.69, 9.17) is 9.97 Å². The molecule has 6 aromatic rings. The zero-order chi connectivity index (χ0) is 33.9. The van der Waals surface area contributed by atoms with E-state index in [1.807, 2.05) is 19.3 Å². The Morgan fingerprint density at radius 1 is 0.638 bits per heavy atom. The highest BCUT2D eigenvalue weighted by atomic mass is 28.3. The zero-order valence-corrected chi connectivity index (χ0v) is 30.5. The molecule has 240 valence electrons. The number of aromatic nitrogens is 3. The topological polar surface area (TPSA) is 50.9 Å². The third-order valence-electron chi connectivity index (χ3n) is 9.26. The Hall–Kier alpha value is -4.48. The smallest absolute Gasteiger partial charge is 0.144 e. The average Bonchev–Trinajstić information content (AvgIpc) is 3.36. The predicted molar refractivity (Wildman–Crippen MR) is 202 cm³/mol. The van der Waals surface area contributed by atoms with Crippen LogP contribution in [-0.2, 0) is 17.9 Å². The van der Waals surface area contributed by atoms with Crippen molar-refractivity contribution >= 4 is 24.3 Å². The number of phenolic OH excluding ortho intramolecular Hbond substituents is 1. The predicted octanol–water partition coefficient (Wildman–Crippen LogP) is 10.5. The molecule has 6 rings (SSSR count). The van der Waals surface area contributed by atoms with Crippen LogP contribution < -0.4 is 5.19 Å². The highest BCUT2D eigenvalue weighted by Gasteiger charge is 2.22. The Morgan fingerprint density at radius 2 is 1.32 bits per heavy atom. The Kier molecular flexibility index (Phi) is 8.04. The molecule has 0 unspecified atom stereocenters. The minimum atomic E-state index is -1.37. The number of rotatable bonds is 5. The van der Waals surface area contributed by atoms with E-state index in [1.165, 1.54) is 16.3 Å². The number of imidazole rings is 1. The molecule has 0 atom stereocenters. The van der Waals surface area contributed by atoms with Crippen LogP contribution in [-0.4, -0.2) is 27.7 Å². The molecule has 0 aliphatic carbocycles. The number of para-hydroxylation sites is 1. The number of hydrogen-bond acceptors (Lipinski definition) is 3. The van der Waals surface area contributed by atoms with Crippen molar-refractivity contribution in [3.63, 3.8) is 0 Å². The van der Waals surface area contributed by atoms with Crippen molar-refractivity contribution in [2.75, 3.05) is 0 Å². The van der Waals surface area contributed by atoms with Crippen LogP contribution in [0.5, 0.6) is 5.75 Å². The van der Waals surface area contributed by atoms with Crippen LogP contribution in [0.1, 0.15) is 52.7 Å². The lowest BCUT2D eigenvalue weighted by atomic mass is 9.83. The van der Waals surface area contributed by atoms with Crippen molar-refractivity contribution < 1.29 is 5.11 Å². The monoisotopic (exact) mass is 637 g/mol. The lowest BCUT2D eigenvalue weighted by Crippen LogP contribution is -2.37. The van der Waals surface area contributed by atoms with Crippen molar-refractivity contribution in [2.24, 2.45) is 7.05 Å². The summed E-state index contributed by atoms with van der Waals surface area (Å²) in [7, 11) is 0.659. The maximum absolute atomic E-state index is 11.0. The van der Waals surface area contributed by atoms with Gasteiger partial charge in [-0.25, -0.2) is 4.98 Å². The van der Waals surface area contributed by atoms with E-state index >= 15 is 0 Å². The number of pyridine rings is 1. The molecule has 0 saturated heterocycles. The number of fused-ring (bicyclic) bond motifs is 1. The van der Waals surface area contributed by atoms with Gasteiger partial charge < -0.3 is 9.67 Å². The second-order valence-electron chi connectivity index (χ2n) is 16.0. The largest absolute Gasteiger partial charge is 0.507 e. The van der Waals surface area contributed by atoms with Crippen LogP contribution in [0.3, 0.4) is 0 Å². The van der Waals surface area contributed by atoms with E-state index in [1.54, 1.807) is 6.07 Å². The van der Waals surface area contributed by atoms with Gasteiger partial charge in [-0.1, -0.05) is 115 Å². The van der Waals surface area contributed by atoms with Gasteiger partial charge in [-0.3, -0.25) is 4.98 Å². The first-order chi connectivity index (χ1) is 22.0. The maximum Gasteiger partial charge on any atom is 0.144 e. The molecule has 0 radical (unpaired) electrons. The summed E-state index contributed by atoms with van der Waals surface area (Å²) in [5, 5.41) is 12.4. The van der Waals surface area contributed by atoms with Crippen LogP contribution in [0.25, 0.3) is 55.9 Å². The van der Waals surface area contributed by atoms with E-state index < -0.39 is 8.07 Å². The van der Waals surface area contributed by atoms with Gasteiger partial charge in [-0.15, -0.1) is 0 Å². The molecule has 5 heteroatoms. The second kappa shape index (κ2) is 11.6. The van der Waals surface area contributed by atoms with Crippen LogP contribution in [0, 0.1) is 0 Å². The quantitative estimate of drug-likeness (QED) is 0.191. The van der Waals surface area contributed by atoms with E-state index in [0.717, 1.165) is 55.9 Å². The second-order valence-corrected chi connectivity index (χ2v) is 21.0. The molecule has 4 aromatic carbocycles. The standard InChI is InChI=1S/C42H47N3OSi/c1-41(2,3)31-16-19-38(46)35(26-31)40-44-39-34(12-11-13-37(39)45(40)7)29-22-30(24-32(23-29)42(4,5)6)36-25-28(20-21-43-36)27-14-17-33(18-15-27)47(8,9)10/h11-26,46H,1-10H3. The summed E-state index contributed by atoms with van der Waals surface area (Å²) < 4.78 is 2.09. The van der Waals surface area contributed by atoms with Gasteiger partial charge in [0.15, 0.2) is 0 Å². The van der Waals surface area contributed by atoms with E-state index in [-0.39, 0.29) is 16.6 Å². The highest BCUT2D eigenvalue weighted by Crippen LogP contribution is 2.39. The summed E-state index contributed by atoms with van der Waals surface area (Å²) in [4.78, 5) is 10.1. The summed E-state index contributed by atoms with van der Waals surface area (Å²) in [6, 6.07) is 32.4. The number of benzene rings is 4. The van der Waals surface area contributed by atoms with E-state index in [2.05, 4.69) is 145 Å². The van der Waals surface area contributed by atoms with Crippen LogP contribution in [0.4, 0.5) is 0 Å². The first kappa shape index (κ1) is 32.5. The maximum atomic E-state index is 11.0. The van der Waals surface area contributed by atoms with E-state index in [9.17, 15) is 5.11 Å². The van der Waals surface area contributed by atoms with E-state index in [0.29, 0.717) is 0 Å². The molecular formula is C42H47N3OSi. The molecule has 47 heavy (non-hydrogen) atoms. The fourth-order valence-corrected chi connectivity index (χ4v) is 7.33. The Balaban J connectivity index is 1.49. The lowest BCUT2D eigenvalue weighted by Gasteiger charge is -2.22. The van der Waals surface area contributed by atoms with Crippen molar-refractivity contribution in [1.82, 2.24) is 14.5 Å². The number of phenols is 1. The molecular weight excluding hydrogens is 591 g/mol. The molecule has 2 heterocycles. The minimum absolute atomic E-state index is 0.0508. The van der Waals surface area contributed by atoms with Crippen molar-refractivity contribution in [2.45, 2.75) is 72.0 Å². The Bertz CT molecular complexity index is 2100. The number of hydrogen-bond donors (Lipinski definition) is 1. The molecule has 4 nitrogen and oxygen atoms in total. The molecule has 0 bridgehead atoms. The number of aryl methyl sites for hydroxylation is 1. The molecule has 0 aliphatic rings. The summed E-state index contributed by atoms with van der Waals surface area (Å²) in [6.07, 6.45) is 1.92. The minimum Gasteiger partial charge on any atom is -0.507 e. The molecule has 0 saturated carbocycles. The molecule has 2 aromatic heterocycles. The fourth-order valence-electron chi connectivity index (χ4n) is 6.16. The van der Waals surface area contributed by atoms with Crippen LogP contribution in [0.2, 0.25) is 19.6 Å². The molecule has 0 fully saturated rings. The number of nitrogens with zero attached hydrogens (tertiary/aromatic N) is 3. The summed E-state index contributed by atoms with van der Waals surface area (Å²) in [6.45, 7) is 20.5. The third kappa shape index (κ3) is 6.42. The zero-order valence-electron chi connectivity index (χ0n) is 29.5. The van der Waals surface area contributed by atoms with Gasteiger partial charge in [0.2, 0.25) is 0 Å². The van der Waals surface area contributed by atoms with Gasteiger partial charge in [0.1, 0.15) is 11.6 Å². The first-order valence-corrected chi connectivity index (χ1v) is 20.0. The highest BCUT2D eigenvalue weighted by molar-refractivity contribution is 6.88. The van der Waals surface area contributed by atoms with Crippen molar-refractivity contribution in [1.29, 1.82) is 0 Å². The van der Waals surface area contributed by atoms with Crippen LogP contribution >= 0.6 is 0 Å². The van der Waals surface area contributed by atoms with Gasteiger partial charge in [0.25, 0.3) is 0 Å². The molecule has 1 N–H and O–H groups in total. The number of aromatic hydroxyl groups is 1. The first-order valence-electron chi connectivity index (χ1n) is 16.5. The van der Waals surface area contributed by atoms with Gasteiger partial charge >= 0.3 is 0 Å². The molecule has 0 aliphatic heterocycles. The summed E-state index contributed by atoms with van der Waals surface area (Å²) >= 11 is 0. The van der Waals surface area contributed by atoms with Gasteiger partial charge in [-0.2, -0.15) is 0 Å². The molecule has 0 amide bonds. The summed E-state index contributed by atoms with van der Waals surface area (Å²) in [5.41, 5.74) is 11.5. The van der Waals surface area contributed by atoms with Crippen molar-refractivity contribution in [3.05, 3.63) is 108 Å². The SMILES string of the molecule is Cn1c(-c2cc(C(C)(C)C)ccc2O)nc2c(-c3cc(-c4cc(-c5ccc([Si](C)(C)C)cc5)ccn4)cc(C(C)(C)C)c3)cccc21. The fraction of sp³-hybridized carbons (Fsp3) is 0.286. The van der Waals surface area contributed by atoms with Crippen LogP contribution in [0.15, 0.2) is 97.2 Å². The Labute approximate surface area is 281 Å². The third-order valence-corrected chi connectivity index (χ3v) is 11.3. The normalized spacial score (nSPS) is 12.6. The lowest BCUT2D eigenvalue weighted by molar-refractivity contribution is 0.475. The van der Waals surface area contributed by atoms with Gasteiger partial charge in [0, 0.05) is 24.4 Å².